The highest BCUT2D eigenvalue weighted by atomic mass is 35.5. The molecule has 0 unspecified atom stereocenters. The lowest BCUT2D eigenvalue weighted by molar-refractivity contribution is 0.0709. The maximum Gasteiger partial charge on any atom is 0.265 e. The van der Waals surface area contributed by atoms with E-state index in [4.69, 9.17) is 0 Å². The third kappa shape index (κ3) is 4.82. The average molecular weight is 366 g/mol. The summed E-state index contributed by atoms with van der Waals surface area (Å²) in [6, 6.07) is 0.601. The van der Waals surface area contributed by atoms with Crippen molar-refractivity contribution in [2.75, 3.05) is 19.6 Å². The second-order valence-corrected chi connectivity index (χ2v) is 7.27. The Morgan fingerprint density at radius 1 is 1.23 bits per heavy atom. The summed E-state index contributed by atoms with van der Waals surface area (Å²) in [6.45, 7) is 6.81. The van der Waals surface area contributed by atoms with E-state index in [2.05, 4.69) is 10.3 Å². The van der Waals surface area contributed by atoms with Crippen LogP contribution in [-0.2, 0) is 0 Å². The summed E-state index contributed by atoms with van der Waals surface area (Å²) in [4.78, 5) is 19.7. The molecule has 1 saturated heterocycles. The molecule has 0 radical (unpaired) electrons. The third-order valence-electron chi connectivity index (χ3n) is 4.27. The molecule has 0 atom stereocenters. The summed E-state index contributed by atoms with van der Waals surface area (Å²) in [5, 5.41) is 4.63. The first-order chi connectivity index (χ1) is 9.63. The predicted octanol–water partition coefficient (Wildman–Crippen LogP) is 3.21. The molecule has 0 spiro atoms. The quantitative estimate of drug-likeness (QED) is 0.890. The van der Waals surface area contributed by atoms with Crippen LogP contribution < -0.4 is 5.32 Å². The third-order valence-corrected chi connectivity index (χ3v) is 5.33. The van der Waals surface area contributed by atoms with Crippen molar-refractivity contribution in [2.24, 2.45) is 5.92 Å². The Balaban J connectivity index is 0.00000121. The molecule has 1 aromatic heterocycles. The van der Waals surface area contributed by atoms with E-state index in [0.717, 1.165) is 47.4 Å². The fraction of sp³-hybridized carbons (Fsp3) is 0.733. The van der Waals surface area contributed by atoms with Crippen LogP contribution >= 0.6 is 36.2 Å². The molecular weight excluding hydrogens is 341 g/mol. The van der Waals surface area contributed by atoms with E-state index >= 15 is 0 Å². The lowest BCUT2D eigenvalue weighted by Crippen LogP contribution is -2.45. The Morgan fingerprint density at radius 3 is 2.36 bits per heavy atom. The lowest BCUT2D eigenvalue weighted by Gasteiger charge is -2.32. The first-order valence-corrected chi connectivity index (χ1v) is 8.42. The summed E-state index contributed by atoms with van der Waals surface area (Å²) in [6.07, 6.45) is 4.95. The second kappa shape index (κ2) is 8.48. The van der Waals surface area contributed by atoms with Crippen LogP contribution in [0.4, 0.5) is 0 Å². The van der Waals surface area contributed by atoms with Crippen LogP contribution in [0.1, 0.15) is 46.1 Å². The molecule has 3 rings (SSSR count). The number of carbonyl (C=O) groups excluding carboxylic acids is 1. The number of rotatable bonds is 4. The van der Waals surface area contributed by atoms with Gasteiger partial charge in [0.1, 0.15) is 4.88 Å². The zero-order valence-electron chi connectivity index (χ0n) is 13.1. The van der Waals surface area contributed by atoms with Crippen molar-refractivity contribution in [2.45, 2.75) is 45.6 Å². The molecule has 1 amide bonds. The van der Waals surface area contributed by atoms with Gasteiger partial charge in [-0.25, -0.2) is 4.98 Å². The number of carbonyl (C=O) groups is 1. The zero-order valence-corrected chi connectivity index (χ0v) is 15.6. The Kier molecular flexibility index (Phi) is 7.59. The molecule has 1 saturated carbocycles. The number of hydrogen-bond donors (Lipinski definition) is 1. The average Bonchev–Trinajstić information content (AvgIpc) is 3.21. The molecule has 2 heterocycles. The van der Waals surface area contributed by atoms with Crippen LogP contribution in [0.15, 0.2) is 0 Å². The van der Waals surface area contributed by atoms with Gasteiger partial charge in [-0.3, -0.25) is 4.79 Å². The van der Waals surface area contributed by atoms with Crippen molar-refractivity contribution in [3.05, 3.63) is 15.6 Å². The van der Waals surface area contributed by atoms with E-state index in [1.165, 1.54) is 30.7 Å². The molecule has 1 aromatic rings. The van der Waals surface area contributed by atoms with Crippen LogP contribution in [0.25, 0.3) is 0 Å². The van der Waals surface area contributed by atoms with E-state index in [-0.39, 0.29) is 30.7 Å². The monoisotopic (exact) mass is 365 g/mol. The molecule has 1 aliphatic carbocycles. The van der Waals surface area contributed by atoms with E-state index in [1.807, 2.05) is 18.7 Å². The number of amides is 1. The second-order valence-electron chi connectivity index (χ2n) is 6.07. The molecule has 126 valence electrons. The molecule has 1 aliphatic heterocycles. The summed E-state index contributed by atoms with van der Waals surface area (Å²) in [7, 11) is 0. The SMILES string of the molecule is Cc1nc(C)c(C(=O)N2CCC(NCC3CC3)CC2)s1.Cl.Cl. The van der Waals surface area contributed by atoms with Crippen LogP contribution in [-0.4, -0.2) is 41.5 Å². The van der Waals surface area contributed by atoms with Gasteiger partial charge in [-0.05, 0) is 52.0 Å². The van der Waals surface area contributed by atoms with Gasteiger partial charge < -0.3 is 10.2 Å². The molecule has 2 aliphatic rings. The Bertz CT molecular complexity index is 497. The van der Waals surface area contributed by atoms with Crippen molar-refractivity contribution in [1.29, 1.82) is 0 Å². The molecule has 22 heavy (non-hydrogen) atoms. The minimum absolute atomic E-state index is 0. The fourth-order valence-corrected chi connectivity index (χ4v) is 3.70. The highest BCUT2D eigenvalue weighted by Gasteiger charge is 2.27. The number of nitrogens with zero attached hydrogens (tertiary/aromatic N) is 2. The fourth-order valence-electron chi connectivity index (χ4n) is 2.82. The van der Waals surface area contributed by atoms with Crippen molar-refractivity contribution in [1.82, 2.24) is 15.2 Å². The standard InChI is InChI=1S/C15H23N3OS.2ClH/c1-10-14(20-11(2)17-10)15(19)18-7-5-13(6-8-18)16-9-12-3-4-12;;/h12-13,16H,3-9H2,1-2H3;2*1H. The van der Waals surface area contributed by atoms with Crippen molar-refractivity contribution < 1.29 is 4.79 Å². The van der Waals surface area contributed by atoms with Gasteiger partial charge in [0.2, 0.25) is 0 Å². The van der Waals surface area contributed by atoms with E-state index < -0.39 is 0 Å². The van der Waals surface area contributed by atoms with Crippen molar-refractivity contribution in [3.8, 4) is 0 Å². The molecule has 0 aromatic carbocycles. The predicted molar refractivity (Wildman–Crippen MR) is 95.7 cm³/mol. The molecular formula is C15H25Cl2N3OS. The molecule has 7 heteroatoms. The van der Waals surface area contributed by atoms with Gasteiger partial charge in [0, 0.05) is 19.1 Å². The number of piperidine rings is 1. The van der Waals surface area contributed by atoms with Crippen molar-refractivity contribution >= 4 is 42.1 Å². The number of halogens is 2. The van der Waals surface area contributed by atoms with Gasteiger partial charge in [-0.2, -0.15) is 0 Å². The lowest BCUT2D eigenvalue weighted by atomic mass is 10.0. The zero-order chi connectivity index (χ0) is 14.1. The topological polar surface area (TPSA) is 45.2 Å². The first kappa shape index (κ1) is 19.7. The summed E-state index contributed by atoms with van der Waals surface area (Å²) < 4.78 is 0. The van der Waals surface area contributed by atoms with Crippen LogP contribution in [0.3, 0.4) is 0 Å². The van der Waals surface area contributed by atoms with E-state index in [9.17, 15) is 4.79 Å². The molecule has 4 nitrogen and oxygen atoms in total. The number of thiazole rings is 1. The van der Waals surface area contributed by atoms with Gasteiger partial charge in [0.15, 0.2) is 0 Å². The number of nitrogens with one attached hydrogen (secondary N) is 1. The molecule has 1 N–H and O–H groups in total. The normalized spacial score (nSPS) is 18.5. The van der Waals surface area contributed by atoms with Crippen LogP contribution in [0.2, 0.25) is 0 Å². The minimum atomic E-state index is 0. The van der Waals surface area contributed by atoms with Crippen LogP contribution in [0, 0.1) is 19.8 Å². The summed E-state index contributed by atoms with van der Waals surface area (Å²) in [5.74, 6) is 1.10. The number of hydrogen-bond acceptors (Lipinski definition) is 4. The Hall–Kier alpha value is -0.360. The first-order valence-electron chi connectivity index (χ1n) is 7.60. The van der Waals surface area contributed by atoms with E-state index in [1.54, 1.807) is 0 Å². The van der Waals surface area contributed by atoms with E-state index in [0.29, 0.717) is 6.04 Å². The highest BCUT2D eigenvalue weighted by molar-refractivity contribution is 7.13. The highest BCUT2D eigenvalue weighted by Crippen LogP contribution is 2.28. The van der Waals surface area contributed by atoms with Gasteiger partial charge in [-0.15, -0.1) is 36.2 Å². The van der Waals surface area contributed by atoms with Gasteiger partial charge in [-0.1, -0.05) is 0 Å². The van der Waals surface area contributed by atoms with Crippen LogP contribution in [0.5, 0.6) is 0 Å². The van der Waals surface area contributed by atoms with Gasteiger partial charge >= 0.3 is 0 Å². The smallest absolute Gasteiger partial charge is 0.265 e. The largest absolute Gasteiger partial charge is 0.338 e. The molecule has 0 bridgehead atoms. The maximum atomic E-state index is 12.5. The summed E-state index contributed by atoms with van der Waals surface area (Å²) in [5.41, 5.74) is 0.881. The minimum Gasteiger partial charge on any atom is -0.338 e. The van der Waals surface area contributed by atoms with Gasteiger partial charge in [0.25, 0.3) is 5.91 Å². The van der Waals surface area contributed by atoms with Gasteiger partial charge in [0.05, 0.1) is 10.7 Å². The van der Waals surface area contributed by atoms with Crippen molar-refractivity contribution in [3.63, 3.8) is 0 Å². The number of likely N-dealkylation sites (tertiary alicyclic amines) is 1. The number of aryl methyl sites for hydroxylation is 2. The molecule has 2 fully saturated rings. The maximum absolute atomic E-state index is 12.5. The number of aromatic nitrogens is 1. The summed E-state index contributed by atoms with van der Waals surface area (Å²) >= 11 is 1.52. The Morgan fingerprint density at radius 2 is 1.86 bits per heavy atom. The Labute approximate surface area is 148 Å².